The van der Waals surface area contributed by atoms with E-state index >= 15 is 0 Å². The van der Waals surface area contributed by atoms with Gasteiger partial charge in [0, 0.05) is 31.9 Å². The molecule has 0 atom stereocenters. The van der Waals surface area contributed by atoms with E-state index in [4.69, 9.17) is 5.21 Å². The summed E-state index contributed by atoms with van der Waals surface area (Å²) in [6, 6.07) is 3.41. The zero-order valence-electron chi connectivity index (χ0n) is 11.6. The molecule has 0 amide bonds. The molecule has 20 heavy (non-hydrogen) atoms. The molecule has 6 nitrogen and oxygen atoms in total. The van der Waals surface area contributed by atoms with E-state index in [9.17, 15) is 5.11 Å². The lowest BCUT2D eigenvalue weighted by atomic mass is 10.1. The molecule has 0 aromatic carbocycles. The Bertz CT molecular complexity index is 445. The third-order valence-corrected chi connectivity index (χ3v) is 3.51. The second-order valence-corrected chi connectivity index (χ2v) is 5.00. The van der Waals surface area contributed by atoms with E-state index in [0.29, 0.717) is 5.69 Å². The third-order valence-electron chi connectivity index (χ3n) is 3.51. The maximum atomic E-state index is 9.53. The van der Waals surface area contributed by atoms with Crippen LogP contribution in [0.1, 0.15) is 24.2 Å². The lowest BCUT2D eigenvalue weighted by molar-refractivity contribution is 0.237. The van der Waals surface area contributed by atoms with Crippen LogP contribution in [0.3, 0.4) is 0 Å². The highest BCUT2D eigenvalue weighted by molar-refractivity contribution is 5.80. The van der Waals surface area contributed by atoms with Gasteiger partial charge in [-0.05, 0) is 37.9 Å². The van der Waals surface area contributed by atoms with Crippen LogP contribution in [-0.2, 0) is 6.42 Å². The van der Waals surface area contributed by atoms with Crippen molar-refractivity contribution in [1.82, 2.24) is 15.2 Å². The molecular weight excluding hydrogens is 256 g/mol. The Morgan fingerprint density at radius 2 is 2.10 bits per heavy atom. The number of rotatable bonds is 6. The highest BCUT2D eigenvalue weighted by Crippen LogP contribution is 2.14. The molecule has 1 aliphatic rings. The molecule has 6 heteroatoms. The van der Waals surface area contributed by atoms with Gasteiger partial charge < -0.3 is 20.5 Å². The summed E-state index contributed by atoms with van der Waals surface area (Å²) in [6.07, 6.45) is 4.24. The first-order valence-corrected chi connectivity index (χ1v) is 7.09. The first-order chi connectivity index (χ1) is 9.79. The molecule has 2 rings (SSSR count). The molecule has 0 spiro atoms. The molecule has 0 radical (unpaired) electrons. The molecule has 1 aromatic rings. The van der Waals surface area contributed by atoms with Crippen LogP contribution >= 0.6 is 0 Å². The van der Waals surface area contributed by atoms with Crippen molar-refractivity contribution in [2.75, 3.05) is 32.7 Å². The number of oxime groups is 1. The van der Waals surface area contributed by atoms with Crippen molar-refractivity contribution >= 4 is 6.21 Å². The zero-order chi connectivity index (χ0) is 14.2. The summed E-state index contributed by atoms with van der Waals surface area (Å²) in [7, 11) is 0. The van der Waals surface area contributed by atoms with Crippen LogP contribution < -0.4 is 5.32 Å². The Kier molecular flexibility index (Phi) is 5.76. The van der Waals surface area contributed by atoms with Crippen molar-refractivity contribution in [3.05, 3.63) is 23.5 Å². The Morgan fingerprint density at radius 3 is 2.85 bits per heavy atom. The van der Waals surface area contributed by atoms with Gasteiger partial charge >= 0.3 is 0 Å². The van der Waals surface area contributed by atoms with E-state index in [-0.39, 0.29) is 5.75 Å². The van der Waals surface area contributed by atoms with Crippen molar-refractivity contribution in [1.29, 1.82) is 0 Å². The number of piperazine rings is 1. The van der Waals surface area contributed by atoms with E-state index in [1.807, 2.05) is 6.07 Å². The molecule has 0 saturated carbocycles. The number of aryl methyl sites for hydroxylation is 1. The van der Waals surface area contributed by atoms with Crippen molar-refractivity contribution < 1.29 is 10.3 Å². The van der Waals surface area contributed by atoms with Gasteiger partial charge in [-0.1, -0.05) is 5.16 Å². The van der Waals surface area contributed by atoms with Gasteiger partial charge in [0.05, 0.1) is 6.21 Å². The summed E-state index contributed by atoms with van der Waals surface area (Å²) >= 11 is 0. The fourth-order valence-corrected chi connectivity index (χ4v) is 2.37. The number of aromatic hydroxyl groups is 1. The molecule has 1 fully saturated rings. The molecule has 0 bridgehead atoms. The van der Waals surface area contributed by atoms with Gasteiger partial charge in [0.15, 0.2) is 0 Å². The number of aromatic nitrogens is 1. The van der Waals surface area contributed by atoms with Gasteiger partial charge in [0.25, 0.3) is 0 Å². The van der Waals surface area contributed by atoms with Gasteiger partial charge in [-0.25, -0.2) is 4.98 Å². The summed E-state index contributed by atoms with van der Waals surface area (Å²) < 4.78 is 0. The lowest BCUT2D eigenvalue weighted by Crippen LogP contribution is -2.43. The summed E-state index contributed by atoms with van der Waals surface area (Å²) in [5.74, 6) is 0.0346. The largest absolute Gasteiger partial charge is 0.506 e. The van der Waals surface area contributed by atoms with Gasteiger partial charge in [0.1, 0.15) is 11.4 Å². The fourth-order valence-electron chi connectivity index (χ4n) is 2.37. The molecule has 1 aromatic heterocycles. The highest BCUT2D eigenvalue weighted by Gasteiger charge is 2.08. The van der Waals surface area contributed by atoms with E-state index in [1.165, 1.54) is 0 Å². The van der Waals surface area contributed by atoms with Crippen LogP contribution in [0.5, 0.6) is 5.75 Å². The highest BCUT2D eigenvalue weighted by atomic mass is 16.4. The molecule has 110 valence electrons. The summed E-state index contributed by atoms with van der Waals surface area (Å²) in [4.78, 5) is 6.74. The van der Waals surface area contributed by atoms with Crippen molar-refractivity contribution in [2.24, 2.45) is 5.16 Å². The smallest absolute Gasteiger partial charge is 0.142 e. The van der Waals surface area contributed by atoms with E-state index < -0.39 is 0 Å². The maximum absolute atomic E-state index is 9.53. The first kappa shape index (κ1) is 14.7. The molecule has 2 heterocycles. The third kappa shape index (κ3) is 4.47. The van der Waals surface area contributed by atoms with Gasteiger partial charge in [-0.2, -0.15) is 0 Å². The number of nitrogens with one attached hydrogen (secondary N) is 1. The Labute approximate surface area is 119 Å². The number of hydrogen-bond donors (Lipinski definition) is 3. The van der Waals surface area contributed by atoms with Gasteiger partial charge in [-0.15, -0.1) is 0 Å². The lowest BCUT2D eigenvalue weighted by Gasteiger charge is -2.26. The minimum atomic E-state index is 0.0346. The maximum Gasteiger partial charge on any atom is 0.142 e. The average Bonchev–Trinajstić information content (AvgIpc) is 2.48. The number of hydrogen-bond acceptors (Lipinski definition) is 6. The molecule has 1 saturated heterocycles. The molecule has 0 unspecified atom stereocenters. The van der Waals surface area contributed by atoms with Crippen LogP contribution in [-0.4, -0.2) is 59.1 Å². The van der Waals surface area contributed by atoms with Crippen LogP contribution in [0.4, 0.5) is 0 Å². The van der Waals surface area contributed by atoms with E-state index in [1.54, 1.807) is 6.07 Å². The minimum Gasteiger partial charge on any atom is -0.506 e. The second kappa shape index (κ2) is 7.81. The Morgan fingerprint density at radius 1 is 1.30 bits per heavy atom. The van der Waals surface area contributed by atoms with Crippen LogP contribution in [0, 0.1) is 0 Å². The number of pyridine rings is 1. The minimum absolute atomic E-state index is 0.0346. The SMILES string of the molecule is O/N=C/c1nc(CCCCN2CCNCC2)ccc1O. The predicted octanol–water partition coefficient (Wildman–Crippen LogP) is 0.823. The van der Waals surface area contributed by atoms with Crippen molar-refractivity contribution in [3.8, 4) is 5.75 Å². The topological polar surface area (TPSA) is 81.0 Å². The molecule has 0 aliphatic carbocycles. The number of nitrogens with zero attached hydrogens (tertiary/aromatic N) is 3. The fraction of sp³-hybridized carbons (Fsp3) is 0.571. The van der Waals surface area contributed by atoms with Gasteiger partial charge in [-0.3, -0.25) is 0 Å². The quantitative estimate of drug-likeness (QED) is 0.311. The van der Waals surface area contributed by atoms with Crippen molar-refractivity contribution in [3.63, 3.8) is 0 Å². The van der Waals surface area contributed by atoms with Crippen LogP contribution in [0.25, 0.3) is 0 Å². The van der Waals surface area contributed by atoms with E-state index in [2.05, 4.69) is 20.4 Å². The van der Waals surface area contributed by atoms with E-state index in [0.717, 1.165) is 63.9 Å². The van der Waals surface area contributed by atoms with Crippen LogP contribution in [0.2, 0.25) is 0 Å². The normalized spacial score (nSPS) is 16.8. The first-order valence-electron chi connectivity index (χ1n) is 7.09. The summed E-state index contributed by atoms with van der Waals surface area (Å²) in [5.41, 5.74) is 1.23. The monoisotopic (exact) mass is 278 g/mol. The Balaban J connectivity index is 1.74. The average molecular weight is 278 g/mol. The Hall–Kier alpha value is -1.66. The molecule has 3 N–H and O–H groups in total. The second-order valence-electron chi connectivity index (χ2n) is 5.00. The molecular formula is C14H22N4O2. The van der Waals surface area contributed by atoms with Gasteiger partial charge in [0.2, 0.25) is 0 Å². The summed E-state index contributed by atoms with van der Waals surface area (Å²) in [6.45, 7) is 5.57. The zero-order valence-corrected chi connectivity index (χ0v) is 11.6. The van der Waals surface area contributed by atoms with Crippen molar-refractivity contribution in [2.45, 2.75) is 19.3 Å². The number of unbranched alkanes of at least 4 members (excludes halogenated alkanes) is 1. The van der Waals surface area contributed by atoms with Crippen LogP contribution in [0.15, 0.2) is 17.3 Å². The summed E-state index contributed by atoms with van der Waals surface area (Å²) in [5, 5.41) is 24.3. The standard InChI is InChI=1S/C14H22N4O2/c19-14-5-4-12(17-13(14)11-16-20)3-1-2-8-18-9-6-15-7-10-18/h4-5,11,15,19-20H,1-3,6-10H2/b16-11+. The predicted molar refractivity (Wildman–Crippen MR) is 77.5 cm³/mol. The molecule has 1 aliphatic heterocycles.